The van der Waals surface area contributed by atoms with Gasteiger partial charge in [0, 0.05) is 10.6 Å². The Morgan fingerprint density at radius 3 is 2.60 bits per heavy atom. The average Bonchev–Trinajstić information content (AvgIpc) is 2.20. The van der Waals surface area contributed by atoms with Gasteiger partial charge >= 0.3 is 5.97 Å². The van der Waals surface area contributed by atoms with Crippen LogP contribution >= 0.6 is 11.6 Å². The Labute approximate surface area is 93.0 Å². The Morgan fingerprint density at radius 2 is 2.13 bits per heavy atom. The summed E-state index contributed by atoms with van der Waals surface area (Å²) >= 11 is 5.85. The van der Waals surface area contributed by atoms with Crippen LogP contribution < -0.4 is 0 Å². The number of alkyl halides is 1. The lowest BCUT2D eigenvalue weighted by Crippen LogP contribution is -2.28. The third kappa shape index (κ3) is 2.29. The molecule has 1 unspecified atom stereocenters. The lowest BCUT2D eigenvalue weighted by molar-refractivity contribution is -0.154. The van der Waals surface area contributed by atoms with Crippen molar-refractivity contribution in [3.05, 3.63) is 34.3 Å². The number of halogens is 2. The van der Waals surface area contributed by atoms with E-state index in [2.05, 4.69) is 4.74 Å². The highest BCUT2D eigenvalue weighted by atomic mass is 35.5. The molecule has 1 atom stereocenters. The van der Waals surface area contributed by atoms with Crippen molar-refractivity contribution in [3.8, 4) is 0 Å². The Kier molecular flexibility index (Phi) is 3.35. The molecule has 15 heavy (non-hydrogen) atoms. The molecular weight excluding hydrogens is 219 g/mol. The Morgan fingerprint density at radius 1 is 1.53 bits per heavy atom. The highest BCUT2D eigenvalue weighted by Crippen LogP contribution is 2.30. The zero-order chi connectivity index (χ0) is 11.6. The highest BCUT2D eigenvalue weighted by molar-refractivity contribution is 6.31. The molecule has 0 aliphatic heterocycles. The van der Waals surface area contributed by atoms with Gasteiger partial charge in [-0.1, -0.05) is 23.7 Å². The smallest absolute Gasteiger partial charge is 0.348 e. The van der Waals surface area contributed by atoms with E-state index in [9.17, 15) is 9.18 Å². The molecule has 0 saturated carbocycles. The Bertz CT molecular complexity index is 388. The van der Waals surface area contributed by atoms with E-state index >= 15 is 0 Å². The summed E-state index contributed by atoms with van der Waals surface area (Å²) in [5.74, 6) is -0.928. The van der Waals surface area contributed by atoms with E-state index in [1.54, 1.807) is 13.0 Å². The van der Waals surface area contributed by atoms with Gasteiger partial charge in [-0.05, 0) is 25.5 Å². The van der Waals surface area contributed by atoms with Crippen molar-refractivity contribution in [3.63, 3.8) is 0 Å². The van der Waals surface area contributed by atoms with Crippen LogP contribution in [0.4, 0.5) is 4.39 Å². The maximum Gasteiger partial charge on any atom is 0.348 e. The largest absolute Gasteiger partial charge is 0.466 e. The highest BCUT2D eigenvalue weighted by Gasteiger charge is 2.36. The van der Waals surface area contributed by atoms with Crippen LogP contribution in [-0.2, 0) is 15.2 Å². The molecule has 0 aliphatic carbocycles. The molecule has 1 rings (SSSR count). The van der Waals surface area contributed by atoms with Crippen molar-refractivity contribution in [1.29, 1.82) is 0 Å². The topological polar surface area (TPSA) is 26.3 Å². The van der Waals surface area contributed by atoms with E-state index in [1.807, 2.05) is 0 Å². The summed E-state index contributed by atoms with van der Waals surface area (Å²) < 4.78 is 18.4. The Balaban J connectivity index is 3.16. The molecule has 0 aliphatic rings. The van der Waals surface area contributed by atoms with E-state index in [0.29, 0.717) is 5.02 Å². The van der Waals surface area contributed by atoms with Crippen molar-refractivity contribution in [2.75, 3.05) is 7.11 Å². The first kappa shape index (κ1) is 12.0. The number of aryl methyl sites for hydroxylation is 1. The predicted octanol–water partition coefficient (Wildman–Crippen LogP) is 3.01. The molecular formula is C11H12ClFO2. The molecule has 1 aromatic carbocycles. The number of methoxy groups -OCH3 is 1. The van der Waals surface area contributed by atoms with Crippen LogP contribution in [0.15, 0.2) is 18.2 Å². The van der Waals surface area contributed by atoms with Crippen molar-refractivity contribution >= 4 is 17.6 Å². The van der Waals surface area contributed by atoms with Gasteiger partial charge in [0.1, 0.15) is 0 Å². The summed E-state index contributed by atoms with van der Waals surface area (Å²) in [5.41, 5.74) is -1.13. The van der Waals surface area contributed by atoms with Crippen LogP contribution in [0.1, 0.15) is 18.1 Å². The van der Waals surface area contributed by atoms with E-state index in [0.717, 1.165) is 19.6 Å². The second-order valence-electron chi connectivity index (χ2n) is 3.46. The number of benzene rings is 1. The standard InChI is InChI=1S/C11H12ClFO2/c1-7-4-5-8(6-9(7)12)11(2,13)10(14)15-3/h4-6H,1-3H3. The second-order valence-corrected chi connectivity index (χ2v) is 3.87. The first-order valence-corrected chi connectivity index (χ1v) is 4.81. The van der Waals surface area contributed by atoms with Gasteiger partial charge in [-0.2, -0.15) is 0 Å². The number of rotatable bonds is 2. The number of hydrogen-bond donors (Lipinski definition) is 0. The molecule has 82 valence electrons. The average molecular weight is 231 g/mol. The molecule has 0 N–H and O–H groups in total. The van der Waals surface area contributed by atoms with E-state index in [-0.39, 0.29) is 5.56 Å². The zero-order valence-corrected chi connectivity index (χ0v) is 9.56. The SMILES string of the molecule is COC(=O)C(C)(F)c1ccc(C)c(Cl)c1. The van der Waals surface area contributed by atoms with Crippen molar-refractivity contribution in [2.45, 2.75) is 19.5 Å². The van der Waals surface area contributed by atoms with Crippen molar-refractivity contribution < 1.29 is 13.9 Å². The molecule has 0 bridgehead atoms. The van der Waals surface area contributed by atoms with Gasteiger partial charge in [0.15, 0.2) is 0 Å². The number of carbonyl (C=O) groups is 1. The summed E-state index contributed by atoms with van der Waals surface area (Å²) in [4.78, 5) is 11.2. The van der Waals surface area contributed by atoms with Crippen LogP contribution in [-0.4, -0.2) is 13.1 Å². The molecule has 0 amide bonds. The molecule has 2 nitrogen and oxygen atoms in total. The number of esters is 1. The van der Waals surface area contributed by atoms with E-state index in [4.69, 9.17) is 11.6 Å². The summed E-state index contributed by atoms with van der Waals surface area (Å²) in [5, 5.41) is 0.431. The minimum absolute atomic E-state index is 0.199. The molecule has 0 spiro atoms. The summed E-state index contributed by atoms with van der Waals surface area (Å²) in [7, 11) is 1.15. The zero-order valence-electron chi connectivity index (χ0n) is 8.80. The Hall–Kier alpha value is -1.09. The van der Waals surface area contributed by atoms with E-state index in [1.165, 1.54) is 12.1 Å². The maximum atomic E-state index is 14.0. The fourth-order valence-corrected chi connectivity index (χ4v) is 1.37. The van der Waals surface area contributed by atoms with Crippen LogP contribution in [0.3, 0.4) is 0 Å². The third-order valence-electron chi connectivity index (χ3n) is 2.28. The number of hydrogen-bond acceptors (Lipinski definition) is 2. The molecule has 0 aromatic heterocycles. The third-order valence-corrected chi connectivity index (χ3v) is 2.69. The summed E-state index contributed by atoms with van der Waals surface area (Å²) in [6, 6.07) is 4.63. The fourth-order valence-electron chi connectivity index (χ4n) is 1.19. The van der Waals surface area contributed by atoms with Gasteiger partial charge < -0.3 is 4.74 Å². The second kappa shape index (κ2) is 4.19. The van der Waals surface area contributed by atoms with Crippen molar-refractivity contribution in [1.82, 2.24) is 0 Å². The first-order valence-electron chi connectivity index (χ1n) is 4.43. The van der Waals surface area contributed by atoms with E-state index < -0.39 is 11.6 Å². The van der Waals surface area contributed by atoms with Gasteiger partial charge in [0.25, 0.3) is 0 Å². The van der Waals surface area contributed by atoms with Gasteiger partial charge in [-0.3, -0.25) is 0 Å². The summed E-state index contributed by atoms with van der Waals surface area (Å²) in [6.45, 7) is 2.96. The van der Waals surface area contributed by atoms with Gasteiger partial charge in [-0.25, -0.2) is 9.18 Å². The minimum atomic E-state index is -2.16. The van der Waals surface area contributed by atoms with Gasteiger partial charge in [0.05, 0.1) is 7.11 Å². The fraction of sp³-hybridized carbons (Fsp3) is 0.364. The van der Waals surface area contributed by atoms with Crippen molar-refractivity contribution in [2.24, 2.45) is 0 Å². The summed E-state index contributed by atoms with van der Waals surface area (Å²) in [6.07, 6.45) is 0. The lowest BCUT2D eigenvalue weighted by atomic mass is 9.97. The van der Waals surface area contributed by atoms with Gasteiger partial charge in [-0.15, -0.1) is 0 Å². The quantitative estimate of drug-likeness (QED) is 0.730. The van der Waals surface area contributed by atoms with Crippen LogP contribution in [0.2, 0.25) is 5.02 Å². The first-order chi connectivity index (χ1) is 6.89. The lowest BCUT2D eigenvalue weighted by Gasteiger charge is -2.18. The molecule has 1 aromatic rings. The van der Waals surface area contributed by atoms with Crippen LogP contribution in [0.5, 0.6) is 0 Å². The molecule has 4 heteroatoms. The van der Waals surface area contributed by atoms with Gasteiger partial charge in [0.2, 0.25) is 5.67 Å². The number of carbonyl (C=O) groups excluding carboxylic acids is 1. The van der Waals surface area contributed by atoms with Crippen LogP contribution in [0, 0.1) is 6.92 Å². The monoisotopic (exact) mass is 230 g/mol. The normalized spacial score (nSPS) is 14.5. The molecule has 0 radical (unpaired) electrons. The minimum Gasteiger partial charge on any atom is -0.466 e. The molecule has 0 heterocycles. The number of ether oxygens (including phenoxy) is 1. The maximum absolute atomic E-state index is 14.0. The predicted molar refractivity (Wildman–Crippen MR) is 56.7 cm³/mol. The molecule has 0 saturated heterocycles. The molecule has 0 fully saturated rings. The van der Waals surface area contributed by atoms with Crippen LogP contribution in [0.25, 0.3) is 0 Å².